The molecular weight excluding hydrogens is 356 g/mol. The molecule has 0 fully saturated rings. The van der Waals surface area contributed by atoms with Crippen molar-refractivity contribution in [3.63, 3.8) is 0 Å². The molecule has 27 heavy (non-hydrogen) atoms. The van der Waals surface area contributed by atoms with Gasteiger partial charge in [-0.15, -0.1) is 0 Å². The molecule has 3 rings (SSSR count). The lowest BCUT2D eigenvalue weighted by molar-refractivity contribution is -0.385. The number of nitrogens with one attached hydrogen (secondary N) is 1. The number of carbonyl (C=O) groups excluding carboxylic acids is 2. The quantitative estimate of drug-likeness (QED) is 0.469. The molecule has 0 radical (unpaired) electrons. The van der Waals surface area contributed by atoms with Crippen LogP contribution in [-0.2, 0) is 16.1 Å². The maximum Gasteiger partial charge on any atom is 0.338 e. The van der Waals surface area contributed by atoms with E-state index in [1.165, 1.54) is 25.1 Å². The molecule has 9 heteroatoms. The number of rotatable bonds is 6. The molecule has 0 atom stereocenters. The van der Waals surface area contributed by atoms with Crippen molar-refractivity contribution in [2.45, 2.75) is 13.5 Å². The van der Waals surface area contributed by atoms with Gasteiger partial charge in [-0.2, -0.15) is 0 Å². The number of aryl methyl sites for hydroxylation is 1. The van der Waals surface area contributed by atoms with Crippen molar-refractivity contribution in [2.75, 3.05) is 13.4 Å². The van der Waals surface area contributed by atoms with E-state index in [1.54, 1.807) is 18.2 Å². The smallest absolute Gasteiger partial charge is 0.338 e. The molecule has 1 amide bonds. The van der Waals surface area contributed by atoms with Gasteiger partial charge in [-0.25, -0.2) is 4.79 Å². The van der Waals surface area contributed by atoms with Crippen molar-refractivity contribution in [1.82, 2.24) is 5.32 Å². The maximum atomic E-state index is 12.0. The molecule has 1 N–H and O–H groups in total. The van der Waals surface area contributed by atoms with E-state index < -0.39 is 23.4 Å². The summed E-state index contributed by atoms with van der Waals surface area (Å²) in [6.45, 7) is 1.47. The minimum atomic E-state index is -0.730. The van der Waals surface area contributed by atoms with Gasteiger partial charge in [0.05, 0.1) is 10.5 Å². The van der Waals surface area contributed by atoms with E-state index in [9.17, 15) is 19.7 Å². The van der Waals surface area contributed by atoms with Crippen LogP contribution < -0.4 is 14.8 Å². The Labute approximate surface area is 154 Å². The molecule has 1 aliphatic heterocycles. The summed E-state index contributed by atoms with van der Waals surface area (Å²) in [7, 11) is 0. The predicted octanol–water partition coefficient (Wildman–Crippen LogP) is 2.11. The SMILES string of the molecule is Cc1cc(C(=O)OCC(=O)NCc2ccc3c(c2)OCO3)ccc1[N+](=O)[O-]. The summed E-state index contributed by atoms with van der Waals surface area (Å²) in [4.78, 5) is 34.1. The van der Waals surface area contributed by atoms with Crippen LogP contribution in [0.15, 0.2) is 36.4 Å². The van der Waals surface area contributed by atoms with Gasteiger partial charge in [0.25, 0.3) is 11.6 Å². The molecular formula is C18H16N2O7. The zero-order chi connectivity index (χ0) is 19.4. The van der Waals surface area contributed by atoms with Crippen molar-refractivity contribution in [1.29, 1.82) is 0 Å². The van der Waals surface area contributed by atoms with Crippen LogP contribution in [-0.4, -0.2) is 30.2 Å². The lowest BCUT2D eigenvalue weighted by Gasteiger charge is -2.08. The molecule has 1 aliphatic rings. The summed E-state index contributed by atoms with van der Waals surface area (Å²) in [5.41, 5.74) is 1.20. The molecule has 9 nitrogen and oxygen atoms in total. The van der Waals surface area contributed by atoms with Crippen LogP contribution in [0.5, 0.6) is 11.5 Å². The first-order valence-electron chi connectivity index (χ1n) is 8.01. The Hall–Kier alpha value is -3.62. The summed E-state index contributed by atoms with van der Waals surface area (Å²) in [5.74, 6) is 0.0602. The summed E-state index contributed by atoms with van der Waals surface area (Å²) in [6, 6.07) is 9.17. The highest BCUT2D eigenvalue weighted by Crippen LogP contribution is 2.32. The number of nitro benzene ring substituents is 1. The number of esters is 1. The maximum absolute atomic E-state index is 12.0. The van der Waals surface area contributed by atoms with Gasteiger partial charge in [-0.1, -0.05) is 6.07 Å². The van der Waals surface area contributed by atoms with E-state index in [-0.39, 0.29) is 24.6 Å². The van der Waals surface area contributed by atoms with E-state index >= 15 is 0 Å². The Morgan fingerprint density at radius 1 is 1.19 bits per heavy atom. The molecule has 0 aromatic heterocycles. The van der Waals surface area contributed by atoms with Crippen LogP contribution in [0.2, 0.25) is 0 Å². The zero-order valence-electron chi connectivity index (χ0n) is 14.4. The van der Waals surface area contributed by atoms with Gasteiger partial charge in [0.15, 0.2) is 18.1 Å². The van der Waals surface area contributed by atoms with Crippen LogP contribution in [0.1, 0.15) is 21.5 Å². The van der Waals surface area contributed by atoms with Crippen LogP contribution in [0.4, 0.5) is 5.69 Å². The second-order valence-electron chi connectivity index (χ2n) is 5.80. The topological polar surface area (TPSA) is 117 Å². The van der Waals surface area contributed by atoms with E-state index in [4.69, 9.17) is 14.2 Å². The second-order valence-corrected chi connectivity index (χ2v) is 5.80. The molecule has 2 aromatic rings. The highest BCUT2D eigenvalue weighted by molar-refractivity contribution is 5.91. The van der Waals surface area contributed by atoms with Crippen LogP contribution in [0.25, 0.3) is 0 Å². The Kier molecular flexibility index (Phi) is 5.20. The number of hydrogen-bond acceptors (Lipinski definition) is 7. The third-order valence-electron chi connectivity index (χ3n) is 3.89. The average Bonchev–Trinajstić information content (AvgIpc) is 3.11. The number of hydrogen-bond donors (Lipinski definition) is 1. The second kappa shape index (κ2) is 7.73. The summed E-state index contributed by atoms with van der Waals surface area (Å²) < 4.78 is 15.4. The average molecular weight is 372 g/mol. The van der Waals surface area contributed by atoms with Gasteiger partial charge < -0.3 is 19.5 Å². The molecule has 0 bridgehead atoms. The van der Waals surface area contributed by atoms with E-state index in [0.717, 1.165) is 5.56 Å². The normalized spacial score (nSPS) is 11.7. The summed E-state index contributed by atoms with van der Waals surface area (Å²) >= 11 is 0. The Morgan fingerprint density at radius 2 is 1.96 bits per heavy atom. The molecule has 2 aromatic carbocycles. The number of nitrogens with zero attached hydrogens (tertiary/aromatic N) is 1. The Bertz CT molecular complexity index is 911. The van der Waals surface area contributed by atoms with Crippen LogP contribution >= 0.6 is 0 Å². The fraction of sp³-hybridized carbons (Fsp3) is 0.222. The molecule has 140 valence electrons. The third kappa shape index (κ3) is 4.32. The minimum Gasteiger partial charge on any atom is -0.454 e. The number of carbonyl (C=O) groups is 2. The molecule has 0 aliphatic carbocycles. The number of ether oxygens (including phenoxy) is 3. The van der Waals surface area contributed by atoms with Crippen molar-refractivity contribution < 1.29 is 28.7 Å². The van der Waals surface area contributed by atoms with E-state index in [1.807, 2.05) is 0 Å². The Balaban J connectivity index is 1.49. The number of benzene rings is 2. The molecule has 0 unspecified atom stereocenters. The van der Waals surface area contributed by atoms with Gasteiger partial charge in [0, 0.05) is 18.2 Å². The number of amides is 1. The first-order valence-corrected chi connectivity index (χ1v) is 8.01. The van der Waals surface area contributed by atoms with Crippen molar-refractivity contribution in [3.8, 4) is 11.5 Å². The van der Waals surface area contributed by atoms with E-state index in [0.29, 0.717) is 17.1 Å². The minimum absolute atomic E-state index is 0.0898. The van der Waals surface area contributed by atoms with Crippen LogP contribution in [0, 0.1) is 17.0 Å². The van der Waals surface area contributed by atoms with Gasteiger partial charge in [0.1, 0.15) is 0 Å². The molecule has 0 saturated heterocycles. The first kappa shape index (κ1) is 18.2. The zero-order valence-corrected chi connectivity index (χ0v) is 14.4. The van der Waals surface area contributed by atoms with Gasteiger partial charge in [0.2, 0.25) is 6.79 Å². The van der Waals surface area contributed by atoms with Gasteiger partial charge >= 0.3 is 5.97 Å². The third-order valence-corrected chi connectivity index (χ3v) is 3.89. The highest BCUT2D eigenvalue weighted by atomic mass is 16.7. The highest BCUT2D eigenvalue weighted by Gasteiger charge is 2.16. The lowest BCUT2D eigenvalue weighted by atomic mass is 10.1. The summed E-state index contributed by atoms with van der Waals surface area (Å²) in [6.07, 6.45) is 0. The standard InChI is InChI=1S/C18H16N2O7/c1-11-6-13(3-4-14(11)20(23)24)18(22)25-9-17(21)19-8-12-2-5-15-16(7-12)27-10-26-15/h2-7H,8-10H2,1H3,(H,19,21). The molecule has 0 saturated carbocycles. The molecule has 1 heterocycles. The van der Waals surface area contributed by atoms with Crippen molar-refractivity contribution in [3.05, 3.63) is 63.2 Å². The first-order chi connectivity index (χ1) is 12.9. The molecule has 0 spiro atoms. The fourth-order valence-corrected chi connectivity index (χ4v) is 2.50. The lowest BCUT2D eigenvalue weighted by Crippen LogP contribution is -2.28. The van der Waals surface area contributed by atoms with Crippen LogP contribution in [0.3, 0.4) is 0 Å². The Morgan fingerprint density at radius 3 is 2.70 bits per heavy atom. The predicted molar refractivity (Wildman–Crippen MR) is 92.5 cm³/mol. The van der Waals surface area contributed by atoms with Crippen molar-refractivity contribution >= 4 is 17.6 Å². The van der Waals surface area contributed by atoms with Crippen molar-refractivity contribution in [2.24, 2.45) is 0 Å². The number of nitro groups is 1. The summed E-state index contributed by atoms with van der Waals surface area (Å²) in [5, 5.41) is 13.4. The van der Waals surface area contributed by atoms with Gasteiger partial charge in [-0.05, 0) is 36.8 Å². The monoisotopic (exact) mass is 372 g/mol. The fourth-order valence-electron chi connectivity index (χ4n) is 2.50. The van der Waals surface area contributed by atoms with E-state index in [2.05, 4.69) is 5.32 Å². The van der Waals surface area contributed by atoms with Gasteiger partial charge in [-0.3, -0.25) is 14.9 Å². The largest absolute Gasteiger partial charge is 0.454 e. The number of fused-ring (bicyclic) bond motifs is 1.